The van der Waals surface area contributed by atoms with Gasteiger partial charge in [-0.2, -0.15) is 5.10 Å². The molecular weight excluding hydrogens is 316 g/mol. The molecule has 1 aromatic heterocycles. The van der Waals surface area contributed by atoms with Gasteiger partial charge in [0.15, 0.2) is 0 Å². The van der Waals surface area contributed by atoms with Crippen LogP contribution in [0.3, 0.4) is 0 Å². The number of carbonyl (C=O) groups is 1. The van der Waals surface area contributed by atoms with Gasteiger partial charge < -0.3 is 9.84 Å². The Balaban J connectivity index is 1.54. The Labute approximate surface area is 145 Å². The molecule has 1 heterocycles. The third-order valence-electron chi connectivity index (χ3n) is 3.69. The van der Waals surface area contributed by atoms with E-state index in [-0.39, 0.29) is 0 Å². The lowest BCUT2D eigenvalue weighted by molar-refractivity contribution is -0.131. The van der Waals surface area contributed by atoms with Crippen LogP contribution in [-0.2, 0) is 11.2 Å². The Morgan fingerprint density at radius 1 is 1.16 bits per heavy atom. The van der Waals surface area contributed by atoms with E-state index in [1.165, 1.54) is 0 Å². The summed E-state index contributed by atoms with van der Waals surface area (Å²) in [6, 6.07) is 17.5. The zero-order chi connectivity index (χ0) is 17.5. The van der Waals surface area contributed by atoms with Crippen molar-refractivity contribution in [2.45, 2.75) is 6.42 Å². The molecule has 2 aromatic carbocycles. The van der Waals surface area contributed by atoms with Gasteiger partial charge in [0.05, 0.1) is 12.3 Å². The zero-order valence-corrected chi connectivity index (χ0v) is 13.6. The molecular formula is C20H18N2O3. The molecule has 25 heavy (non-hydrogen) atoms. The fourth-order valence-corrected chi connectivity index (χ4v) is 2.45. The minimum absolute atomic E-state index is 0.551. The number of hydrogen-bond acceptors (Lipinski definition) is 3. The summed E-state index contributed by atoms with van der Waals surface area (Å²) in [4.78, 5) is 10.6. The van der Waals surface area contributed by atoms with Crippen LogP contribution in [0.5, 0.6) is 5.75 Å². The molecule has 5 heteroatoms. The maximum absolute atomic E-state index is 10.6. The van der Waals surface area contributed by atoms with Gasteiger partial charge in [-0.15, -0.1) is 0 Å². The van der Waals surface area contributed by atoms with Crippen LogP contribution in [0.4, 0.5) is 0 Å². The lowest BCUT2D eigenvalue weighted by Gasteiger charge is -2.07. The Kier molecular flexibility index (Phi) is 5.26. The van der Waals surface area contributed by atoms with Crippen molar-refractivity contribution >= 4 is 12.0 Å². The second-order valence-electron chi connectivity index (χ2n) is 5.51. The van der Waals surface area contributed by atoms with E-state index in [1.54, 1.807) is 12.3 Å². The fraction of sp³-hybridized carbons (Fsp3) is 0.100. The quantitative estimate of drug-likeness (QED) is 0.645. The summed E-state index contributed by atoms with van der Waals surface area (Å²) in [5.74, 6) is -0.141. The Morgan fingerprint density at radius 3 is 2.72 bits per heavy atom. The normalized spacial score (nSPS) is 10.9. The second kappa shape index (κ2) is 7.97. The summed E-state index contributed by atoms with van der Waals surface area (Å²) in [5.41, 5.74) is 3.99. The molecule has 0 aliphatic rings. The number of H-pyrrole nitrogens is 1. The maximum atomic E-state index is 10.6. The molecule has 0 bridgehead atoms. The molecule has 5 nitrogen and oxygen atoms in total. The summed E-state index contributed by atoms with van der Waals surface area (Å²) >= 11 is 0. The number of rotatable bonds is 7. The molecule has 0 amide bonds. The van der Waals surface area contributed by atoms with Gasteiger partial charge in [-0.3, -0.25) is 5.10 Å². The molecule has 0 aliphatic heterocycles. The third kappa shape index (κ3) is 4.81. The average molecular weight is 334 g/mol. The number of aromatic nitrogens is 2. The highest BCUT2D eigenvalue weighted by Gasteiger charge is 2.00. The molecule has 3 rings (SSSR count). The van der Waals surface area contributed by atoms with Crippen LogP contribution >= 0.6 is 0 Å². The van der Waals surface area contributed by atoms with Crippen molar-refractivity contribution in [2.24, 2.45) is 0 Å². The highest BCUT2D eigenvalue weighted by molar-refractivity contribution is 5.85. The first-order chi connectivity index (χ1) is 12.2. The zero-order valence-electron chi connectivity index (χ0n) is 13.6. The van der Waals surface area contributed by atoms with Crippen molar-refractivity contribution in [3.05, 3.63) is 78.0 Å². The molecule has 0 radical (unpaired) electrons. The predicted molar refractivity (Wildman–Crippen MR) is 96.3 cm³/mol. The van der Waals surface area contributed by atoms with Crippen LogP contribution in [-0.4, -0.2) is 27.9 Å². The van der Waals surface area contributed by atoms with Gasteiger partial charge in [-0.05, 0) is 53.1 Å². The van der Waals surface area contributed by atoms with Gasteiger partial charge in [0, 0.05) is 18.7 Å². The van der Waals surface area contributed by atoms with Crippen LogP contribution in [0.1, 0.15) is 11.1 Å². The third-order valence-corrected chi connectivity index (χ3v) is 3.69. The van der Waals surface area contributed by atoms with Crippen molar-refractivity contribution in [1.29, 1.82) is 0 Å². The van der Waals surface area contributed by atoms with Crippen LogP contribution in [0, 0.1) is 0 Å². The van der Waals surface area contributed by atoms with E-state index in [0.717, 1.165) is 40.6 Å². The van der Waals surface area contributed by atoms with E-state index in [4.69, 9.17) is 9.84 Å². The monoisotopic (exact) mass is 334 g/mol. The Bertz CT molecular complexity index is 853. The van der Waals surface area contributed by atoms with E-state index in [9.17, 15) is 4.79 Å². The summed E-state index contributed by atoms with van der Waals surface area (Å²) in [7, 11) is 0. The first-order valence-corrected chi connectivity index (χ1v) is 7.93. The van der Waals surface area contributed by atoms with Gasteiger partial charge >= 0.3 is 5.97 Å². The molecule has 3 aromatic rings. The number of nitrogens with zero attached hydrogens (tertiary/aromatic N) is 1. The minimum atomic E-state index is -0.952. The second-order valence-corrected chi connectivity index (χ2v) is 5.51. The molecule has 0 unspecified atom stereocenters. The topological polar surface area (TPSA) is 75.2 Å². The minimum Gasteiger partial charge on any atom is -0.493 e. The van der Waals surface area contributed by atoms with Gasteiger partial charge in [0.25, 0.3) is 0 Å². The number of aliphatic carboxylic acids is 1. The highest BCUT2D eigenvalue weighted by atomic mass is 16.5. The van der Waals surface area contributed by atoms with E-state index < -0.39 is 5.97 Å². The van der Waals surface area contributed by atoms with Gasteiger partial charge in [-0.1, -0.05) is 24.3 Å². The van der Waals surface area contributed by atoms with Crippen LogP contribution in [0.2, 0.25) is 0 Å². The van der Waals surface area contributed by atoms with Crippen molar-refractivity contribution in [3.63, 3.8) is 0 Å². The lowest BCUT2D eigenvalue weighted by Crippen LogP contribution is -2.01. The van der Waals surface area contributed by atoms with E-state index in [0.29, 0.717) is 6.61 Å². The van der Waals surface area contributed by atoms with E-state index in [2.05, 4.69) is 10.2 Å². The summed E-state index contributed by atoms with van der Waals surface area (Å²) in [6.07, 6.45) is 5.19. The smallest absolute Gasteiger partial charge is 0.328 e. The standard InChI is InChI=1S/C20H18N2O3/c23-20(24)9-4-15-2-1-3-16(14-15)11-13-25-18-7-5-17(6-8-18)19-10-12-21-22-19/h1-10,12,14H,11,13H2,(H,21,22)(H,23,24)/b9-4+. The van der Waals surface area contributed by atoms with Crippen molar-refractivity contribution in [2.75, 3.05) is 6.61 Å². The molecule has 0 atom stereocenters. The van der Waals surface area contributed by atoms with Gasteiger partial charge in [-0.25, -0.2) is 4.79 Å². The average Bonchev–Trinajstić information content (AvgIpc) is 3.16. The first kappa shape index (κ1) is 16.5. The number of hydrogen-bond donors (Lipinski definition) is 2. The molecule has 126 valence electrons. The summed E-state index contributed by atoms with van der Waals surface area (Å²) in [5, 5.41) is 15.5. The predicted octanol–water partition coefficient (Wildman–Crippen LogP) is 3.80. The summed E-state index contributed by atoms with van der Waals surface area (Å²) in [6.45, 7) is 0.551. The summed E-state index contributed by atoms with van der Waals surface area (Å²) < 4.78 is 5.78. The number of carboxylic acids is 1. The van der Waals surface area contributed by atoms with Crippen molar-refractivity contribution in [1.82, 2.24) is 10.2 Å². The fourth-order valence-electron chi connectivity index (χ4n) is 2.45. The van der Waals surface area contributed by atoms with E-state index >= 15 is 0 Å². The Hall–Kier alpha value is -3.34. The number of benzene rings is 2. The maximum Gasteiger partial charge on any atom is 0.328 e. The van der Waals surface area contributed by atoms with Gasteiger partial charge in [0.1, 0.15) is 5.75 Å². The molecule has 0 aliphatic carbocycles. The first-order valence-electron chi connectivity index (χ1n) is 7.93. The lowest BCUT2D eigenvalue weighted by atomic mass is 10.1. The highest BCUT2D eigenvalue weighted by Crippen LogP contribution is 2.20. The molecule has 0 spiro atoms. The number of carboxylic acid groups (broad SMARTS) is 1. The Morgan fingerprint density at radius 2 is 2.00 bits per heavy atom. The van der Waals surface area contributed by atoms with Crippen molar-refractivity contribution in [3.8, 4) is 17.0 Å². The molecule has 2 N–H and O–H groups in total. The molecule has 0 fully saturated rings. The number of ether oxygens (including phenoxy) is 1. The van der Waals surface area contributed by atoms with Crippen LogP contribution < -0.4 is 4.74 Å². The van der Waals surface area contributed by atoms with Crippen molar-refractivity contribution < 1.29 is 14.6 Å². The molecule has 0 saturated heterocycles. The molecule has 0 saturated carbocycles. The van der Waals surface area contributed by atoms with E-state index in [1.807, 2.05) is 54.6 Å². The van der Waals surface area contributed by atoms with Gasteiger partial charge in [0.2, 0.25) is 0 Å². The largest absolute Gasteiger partial charge is 0.493 e. The SMILES string of the molecule is O=C(O)/C=C/c1cccc(CCOc2ccc(-c3ccn[nH]3)cc2)c1. The number of aromatic amines is 1. The number of nitrogens with one attached hydrogen (secondary N) is 1. The van der Waals surface area contributed by atoms with Crippen LogP contribution in [0.25, 0.3) is 17.3 Å². The van der Waals surface area contributed by atoms with Crippen LogP contribution in [0.15, 0.2) is 66.9 Å².